The van der Waals surface area contributed by atoms with Crippen LogP contribution in [0.4, 0.5) is 0 Å². The fourth-order valence-electron chi connectivity index (χ4n) is 1.22. The number of benzene rings is 1. The number of phenols is 1. The number of carbonyl (C=O) groups is 2. The minimum atomic E-state index is -1.19. The highest BCUT2D eigenvalue weighted by atomic mass is 16.7. The number of amides is 1. The summed E-state index contributed by atoms with van der Waals surface area (Å²) in [6.45, 7) is -0.627. The second-order valence-electron chi connectivity index (χ2n) is 3.63. The number of aliphatic carboxylic acids is 1. The van der Waals surface area contributed by atoms with Gasteiger partial charge in [-0.2, -0.15) is 0 Å². The summed E-state index contributed by atoms with van der Waals surface area (Å²) in [5, 5.41) is 17.4. The average Bonchev–Trinajstić information content (AvgIpc) is 2.31. The molecule has 7 heteroatoms. The lowest BCUT2D eigenvalue weighted by Gasteiger charge is -2.11. The SMILES string of the molecule is N[C@H](Cc1ccc(O)cc1)C(=O)NOCC(=O)O. The molecule has 0 aromatic heterocycles. The van der Waals surface area contributed by atoms with E-state index >= 15 is 0 Å². The molecule has 1 aromatic carbocycles. The van der Waals surface area contributed by atoms with E-state index in [4.69, 9.17) is 15.9 Å². The molecule has 0 bridgehead atoms. The van der Waals surface area contributed by atoms with Crippen molar-refractivity contribution in [1.82, 2.24) is 5.48 Å². The molecule has 1 atom stereocenters. The summed E-state index contributed by atoms with van der Waals surface area (Å²) in [5.74, 6) is -1.67. The van der Waals surface area contributed by atoms with E-state index in [0.717, 1.165) is 5.56 Å². The van der Waals surface area contributed by atoms with Crippen molar-refractivity contribution in [3.8, 4) is 5.75 Å². The largest absolute Gasteiger partial charge is 0.508 e. The van der Waals surface area contributed by atoms with Crippen molar-refractivity contribution in [1.29, 1.82) is 0 Å². The monoisotopic (exact) mass is 254 g/mol. The van der Waals surface area contributed by atoms with E-state index in [1.807, 2.05) is 5.48 Å². The second kappa shape index (κ2) is 6.58. The number of hydrogen-bond acceptors (Lipinski definition) is 5. The molecule has 0 fully saturated rings. The summed E-state index contributed by atoms with van der Waals surface area (Å²) >= 11 is 0. The number of carboxylic acids is 1. The molecule has 1 rings (SSSR count). The number of hydrogen-bond donors (Lipinski definition) is 4. The number of hydroxylamine groups is 1. The van der Waals surface area contributed by atoms with Gasteiger partial charge in [0.15, 0.2) is 6.61 Å². The fraction of sp³-hybridized carbons (Fsp3) is 0.273. The Morgan fingerprint density at radius 3 is 2.50 bits per heavy atom. The summed E-state index contributed by atoms with van der Waals surface area (Å²) in [5.41, 5.74) is 8.33. The molecule has 0 unspecified atom stereocenters. The van der Waals surface area contributed by atoms with E-state index in [1.165, 1.54) is 12.1 Å². The predicted molar refractivity (Wildman–Crippen MR) is 61.5 cm³/mol. The highest BCUT2D eigenvalue weighted by molar-refractivity contribution is 5.81. The van der Waals surface area contributed by atoms with Gasteiger partial charge in [0.2, 0.25) is 0 Å². The molecule has 5 N–H and O–H groups in total. The Balaban J connectivity index is 2.39. The van der Waals surface area contributed by atoms with Gasteiger partial charge in [0.25, 0.3) is 5.91 Å². The molecule has 18 heavy (non-hydrogen) atoms. The van der Waals surface area contributed by atoms with Gasteiger partial charge in [-0.05, 0) is 24.1 Å². The van der Waals surface area contributed by atoms with Crippen LogP contribution < -0.4 is 11.2 Å². The number of carbonyl (C=O) groups excluding carboxylic acids is 1. The van der Waals surface area contributed by atoms with E-state index in [2.05, 4.69) is 4.84 Å². The first-order valence-electron chi connectivity index (χ1n) is 5.16. The lowest BCUT2D eigenvalue weighted by molar-refractivity contribution is -0.149. The van der Waals surface area contributed by atoms with E-state index < -0.39 is 24.5 Å². The zero-order chi connectivity index (χ0) is 13.5. The molecule has 0 aliphatic carbocycles. The van der Waals surface area contributed by atoms with Gasteiger partial charge < -0.3 is 15.9 Å². The number of aromatic hydroxyl groups is 1. The third-order valence-corrected chi connectivity index (χ3v) is 2.10. The molecule has 0 saturated carbocycles. The summed E-state index contributed by atoms with van der Waals surface area (Å²) in [7, 11) is 0. The van der Waals surface area contributed by atoms with Crippen molar-refractivity contribution in [2.75, 3.05) is 6.61 Å². The molecule has 0 heterocycles. The van der Waals surface area contributed by atoms with Crippen molar-refractivity contribution in [2.24, 2.45) is 5.73 Å². The minimum Gasteiger partial charge on any atom is -0.508 e. The summed E-state index contributed by atoms with van der Waals surface area (Å²) in [6.07, 6.45) is 0.253. The van der Waals surface area contributed by atoms with Gasteiger partial charge in [-0.3, -0.25) is 9.63 Å². The fourth-order valence-corrected chi connectivity index (χ4v) is 1.22. The van der Waals surface area contributed by atoms with Crippen LogP contribution in [0.2, 0.25) is 0 Å². The van der Waals surface area contributed by atoms with Crippen molar-refractivity contribution in [3.63, 3.8) is 0 Å². The highest BCUT2D eigenvalue weighted by Crippen LogP contribution is 2.10. The third kappa shape index (κ3) is 4.81. The van der Waals surface area contributed by atoms with Crippen molar-refractivity contribution in [2.45, 2.75) is 12.5 Å². The van der Waals surface area contributed by atoms with Crippen LogP contribution in [0.25, 0.3) is 0 Å². The standard InChI is InChI=1S/C11H14N2O5/c12-9(11(17)13-18-6-10(15)16)5-7-1-3-8(14)4-2-7/h1-4,9,14H,5-6,12H2,(H,13,17)(H,15,16)/t9-/m1/s1. The predicted octanol–water partition coefficient (Wildman–Crippen LogP) is -0.606. The van der Waals surface area contributed by atoms with Crippen LogP contribution in [-0.4, -0.2) is 34.7 Å². The maximum atomic E-state index is 11.4. The molecule has 98 valence electrons. The van der Waals surface area contributed by atoms with Crippen LogP contribution >= 0.6 is 0 Å². The van der Waals surface area contributed by atoms with Crippen LogP contribution in [-0.2, 0) is 20.8 Å². The topological polar surface area (TPSA) is 122 Å². The molecule has 0 saturated heterocycles. The zero-order valence-electron chi connectivity index (χ0n) is 9.50. The summed E-state index contributed by atoms with van der Waals surface area (Å²) in [6, 6.07) is 5.39. The van der Waals surface area contributed by atoms with Gasteiger partial charge >= 0.3 is 5.97 Å². The lowest BCUT2D eigenvalue weighted by atomic mass is 10.1. The second-order valence-corrected chi connectivity index (χ2v) is 3.63. The number of rotatable bonds is 6. The van der Waals surface area contributed by atoms with Gasteiger partial charge in [0.1, 0.15) is 5.75 Å². The van der Waals surface area contributed by atoms with Crippen molar-refractivity contribution >= 4 is 11.9 Å². The number of phenolic OH excluding ortho intramolecular Hbond substituents is 1. The first-order valence-corrected chi connectivity index (χ1v) is 5.16. The van der Waals surface area contributed by atoms with Gasteiger partial charge in [-0.1, -0.05) is 12.1 Å². The van der Waals surface area contributed by atoms with Gasteiger partial charge in [0, 0.05) is 0 Å². The van der Waals surface area contributed by atoms with Crippen LogP contribution in [0.1, 0.15) is 5.56 Å². The normalized spacial score (nSPS) is 11.8. The minimum absolute atomic E-state index is 0.126. The lowest BCUT2D eigenvalue weighted by Crippen LogP contribution is -2.42. The summed E-state index contributed by atoms with van der Waals surface area (Å²) in [4.78, 5) is 26.0. The zero-order valence-corrected chi connectivity index (χ0v) is 9.50. The number of carboxylic acid groups (broad SMARTS) is 1. The van der Waals surface area contributed by atoms with E-state index in [0.29, 0.717) is 0 Å². The van der Waals surface area contributed by atoms with E-state index in [1.54, 1.807) is 12.1 Å². The molecule has 7 nitrogen and oxygen atoms in total. The molecule has 1 amide bonds. The highest BCUT2D eigenvalue weighted by Gasteiger charge is 2.14. The number of nitrogens with two attached hydrogens (primary N) is 1. The molecule has 0 radical (unpaired) electrons. The van der Waals surface area contributed by atoms with Crippen molar-refractivity contribution in [3.05, 3.63) is 29.8 Å². The quantitative estimate of drug-likeness (QED) is 0.502. The van der Waals surface area contributed by atoms with Crippen molar-refractivity contribution < 1.29 is 24.6 Å². The smallest absolute Gasteiger partial charge is 0.332 e. The Bertz CT molecular complexity index is 418. The number of nitrogens with one attached hydrogen (secondary N) is 1. The molecule has 0 spiro atoms. The maximum Gasteiger partial charge on any atom is 0.332 e. The van der Waals surface area contributed by atoms with Crippen LogP contribution in [0, 0.1) is 0 Å². The average molecular weight is 254 g/mol. The Labute approximate surface area is 103 Å². The van der Waals surface area contributed by atoms with Crippen LogP contribution in [0.3, 0.4) is 0 Å². The Morgan fingerprint density at radius 2 is 1.94 bits per heavy atom. The molecule has 1 aromatic rings. The first-order chi connectivity index (χ1) is 8.49. The Hall–Kier alpha value is -2.12. The molecule has 0 aliphatic heterocycles. The third-order valence-electron chi connectivity index (χ3n) is 2.10. The Morgan fingerprint density at radius 1 is 1.33 bits per heavy atom. The van der Waals surface area contributed by atoms with Gasteiger partial charge in [-0.25, -0.2) is 10.3 Å². The molecular weight excluding hydrogens is 240 g/mol. The Kier molecular flexibility index (Phi) is 5.09. The molecule has 0 aliphatic rings. The van der Waals surface area contributed by atoms with Crippen LogP contribution in [0.5, 0.6) is 5.75 Å². The van der Waals surface area contributed by atoms with Crippen LogP contribution in [0.15, 0.2) is 24.3 Å². The van der Waals surface area contributed by atoms with Gasteiger partial charge in [0.05, 0.1) is 6.04 Å². The molecular formula is C11H14N2O5. The van der Waals surface area contributed by atoms with E-state index in [-0.39, 0.29) is 12.2 Å². The first kappa shape index (κ1) is 13.9. The maximum absolute atomic E-state index is 11.4. The van der Waals surface area contributed by atoms with Gasteiger partial charge in [-0.15, -0.1) is 0 Å². The summed E-state index contributed by atoms with van der Waals surface area (Å²) < 4.78 is 0. The van der Waals surface area contributed by atoms with E-state index in [9.17, 15) is 9.59 Å².